The third-order valence-electron chi connectivity index (χ3n) is 4.94. The minimum atomic E-state index is -0.987. The molecule has 1 aliphatic carbocycles. The number of methoxy groups -OCH3 is 1. The highest BCUT2D eigenvalue weighted by molar-refractivity contribution is 5.88. The van der Waals surface area contributed by atoms with Crippen LogP contribution in [-0.4, -0.2) is 43.9 Å². The number of nitrogens with one attached hydrogen (secondary N) is 1. The Morgan fingerprint density at radius 2 is 2.08 bits per heavy atom. The van der Waals surface area contributed by atoms with E-state index in [1.54, 1.807) is 12.1 Å². The molecule has 0 radical (unpaired) electrons. The van der Waals surface area contributed by atoms with E-state index < -0.39 is 5.97 Å². The highest BCUT2D eigenvalue weighted by Gasteiger charge is 2.43. The molecule has 0 aliphatic heterocycles. The van der Waals surface area contributed by atoms with Crippen molar-refractivity contribution in [3.8, 4) is 5.75 Å². The Hall–Kier alpha value is -2.08. The minimum absolute atomic E-state index is 0.0968. The van der Waals surface area contributed by atoms with Crippen molar-refractivity contribution in [2.75, 3.05) is 26.9 Å². The van der Waals surface area contributed by atoms with Gasteiger partial charge < -0.3 is 19.9 Å². The number of hydrogen-bond donors (Lipinski definition) is 2. The second kappa shape index (κ2) is 8.85. The lowest BCUT2D eigenvalue weighted by molar-refractivity contribution is -0.137. The topological polar surface area (TPSA) is 84.9 Å². The first-order chi connectivity index (χ1) is 12.0. The average Bonchev–Trinajstić information content (AvgIpc) is 2.57. The maximum absolute atomic E-state index is 12.6. The van der Waals surface area contributed by atoms with E-state index in [1.807, 2.05) is 6.92 Å². The summed E-state index contributed by atoms with van der Waals surface area (Å²) in [6, 6.07) is 4.80. The van der Waals surface area contributed by atoms with Crippen molar-refractivity contribution in [1.29, 1.82) is 0 Å². The molecule has 1 amide bonds. The zero-order chi connectivity index (χ0) is 18.3. The van der Waals surface area contributed by atoms with Gasteiger partial charge in [-0.25, -0.2) is 4.79 Å². The van der Waals surface area contributed by atoms with Gasteiger partial charge in [-0.05, 0) is 50.3 Å². The molecule has 2 N–H and O–H groups in total. The lowest BCUT2D eigenvalue weighted by Crippen LogP contribution is -2.46. The van der Waals surface area contributed by atoms with E-state index in [0.717, 1.165) is 31.2 Å². The molecule has 1 saturated carbocycles. The Morgan fingerprint density at radius 1 is 1.32 bits per heavy atom. The van der Waals surface area contributed by atoms with E-state index in [4.69, 9.17) is 14.6 Å². The summed E-state index contributed by atoms with van der Waals surface area (Å²) in [6.07, 6.45) is 4.29. The smallest absolute Gasteiger partial charge is 0.335 e. The van der Waals surface area contributed by atoms with Crippen LogP contribution in [0.1, 0.15) is 48.5 Å². The third kappa shape index (κ3) is 4.72. The molecule has 0 bridgehead atoms. The van der Waals surface area contributed by atoms with E-state index in [0.29, 0.717) is 31.9 Å². The van der Waals surface area contributed by atoms with Crippen molar-refractivity contribution in [1.82, 2.24) is 5.32 Å². The number of amides is 1. The second-order valence-corrected chi connectivity index (χ2v) is 6.42. The van der Waals surface area contributed by atoms with Gasteiger partial charge in [0.05, 0.1) is 18.1 Å². The monoisotopic (exact) mass is 349 g/mol. The van der Waals surface area contributed by atoms with E-state index in [-0.39, 0.29) is 16.9 Å². The first-order valence-electron chi connectivity index (χ1n) is 8.78. The SMILES string of the molecule is CCOCCC1(C(=O)NCCc2ccc(C(=O)O)cc2OC)CCC1. The van der Waals surface area contributed by atoms with Crippen LogP contribution < -0.4 is 10.1 Å². The molecule has 1 aliphatic rings. The van der Waals surface area contributed by atoms with Crippen molar-refractivity contribution >= 4 is 11.9 Å². The molecular weight excluding hydrogens is 322 g/mol. The molecule has 6 heteroatoms. The molecule has 6 nitrogen and oxygen atoms in total. The summed E-state index contributed by atoms with van der Waals surface area (Å²) in [7, 11) is 1.51. The Kier molecular flexibility index (Phi) is 6.82. The van der Waals surface area contributed by atoms with Crippen LogP contribution in [-0.2, 0) is 16.0 Å². The van der Waals surface area contributed by atoms with Crippen molar-refractivity contribution in [3.05, 3.63) is 29.3 Å². The number of carboxylic acids is 1. The molecule has 0 unspecified atom stereocenters. The fourth-order valence-corrected chi connectivity index (χ4v) is 3.19. The fraction of sp³-hybridized carbons (Fsp3) is 0.579. The molecule has 1 aromatic carbocycles. The predicted octanol–water partition coefficient (Wildman–Crippen LogP) is 2.65. The summed E-state index contributed by atoms with van der Waals surface area (Å²) in [4.78, 5) is 23.6. The maximum atomic E-state index is 12.6. The fourth-order valence-electron chi connectivity index (χ4n) is 3.19. The van der Waals surface area contributed by atoms with Gasteiger partial charge in [0.2, 0.25) is 5.91 Å². The van der Waals surface area contributed by atoms with Crippen molar-refractivity contribution < 1.29 is 24.2 Å². The zero-order valence-corrected chi connectivity index (χ0v) is 15.0. The van der Waals surface area contributed by atoms with Crippen molar-refractivity contribution in [3.63, 3.8) is 0 Å². The summed E-state index contributed by atoms with van der Waals surface area (Å²) in [5.41, 5.74) is 0.797. The number of benzene rings is 1. The van der Waals surface area contributed by atoms with Crippen molar-refractivity contribution in [2.45, 2.75) is 39.0 Å². The molecule has 0 heterocycles. The van der Waals surface area contributed by atoms with Crippen LogP contribution in [0.25, 0.3) is 0 Å². The normalized spacial score (nSPS) is 15.3. The highest BCUT2D eigenvalue weighted by atomic mass is 16.5. The number of carboxylic acid groups (broad SMARTS) is 1. The van der Waals surface area contributed by atoms with Gasteiger partial charge in [-0.3, -0.25) is 4.79 Å². The van der Waals surface area contributed by atoms with Crippen molar-refractivity contribution in [2.24, 2.45) is 5.41 Å². The number of hydrogen-bond acceptors (Lipinski definition) is 4. The van der Waals surface area contributed by atoms with Gasteiger partial charge in [-0.2, -0.15) is 0 Å². The molecule has 0 saturated heterocycles. The number of carbonyl (C=O) groups is 2. The van der Waals surface area contributed by atoms with Crippen LogP contribution in [0.3, 0.4) is 0 Å². The lowest BCUT2D eigenvalue weighted by Gasteiger charge is -2.40. The first kappa shape index (κ1) is 19.2. The third-order valence-corrected chi connectivity index (χ3v) is 4.94. The largest absolute Gasteiger partial charge is 0.496 e. The highest BCUT2D eigenvalue weighted by Crippen LogP contribution is 2.44. The zero-order valence-electron chi connectivity index (χ0n) is 15.0. The molecule has 2 rings (SSSR count). The Bertz CT molecular complexity index is 610. The molecule has 1 aromatic rings. The quantitative estimate of drug-likeness (QED) is 0.634. The van der Waals surface area contributed by atoms with Gasteiger partial charge in [-0.1, -0.05) is 12.5 Å². The van der Waals surface area contributed by atoms with Gasteiger partial charge in [-0.15, -0.1) is 0 Å². The summed E-state index contributed by atoms with van der Waals surface area (Å²) in [5.74, 6) is -0.359. The number of ether oxygens (including phenoxy) is 2. The molecule has 0 aromatic heterocycles. The lowest BCUT2D eigenvalue weighted by atomic mass is 9.66. The summed E-state index contributed by atoms with van der Waals surface area (Å²) in [6.45, 7) is 3.74. The molecular formula is C19H27NO5. The van der Waals surface area contributed by atoms with Crippen LogP contribution in [0, 0.1) is 5.41 Å². The summed E-state index contributed by atoms with van der Waals surface area (Å²) >= 11 is 0. The van der Waals surface area contributed by atoms with E-state index in [1.165, 1.54) is 13.2 Å². The van der Waals surface area contributed by atoms with Gasteiger partial charge in [0, 0.05) is 19.8 Å². The number of rotatable bonds is 10. The van der Waals surface area contributed by atoms with Crippen LogP contribution in [0.15, 0.2) is 18.2 Å². The van der Waals surface area contributed by atoms with Gasteiger partial charge in [0.1, 0.15) is 5.75 Å². The van der Waals surface area contributed by atoms with E-state index in [2.05, 4.69) is 5.32 Å². The first-order valence-corrected chi connectivity index (χ1v) is 8.78. The summed E-state index contributed by atoms with van der Waals surface area (Å²) in [5, 5.41) is 12.1. The van der Waals surface area contributed by atoms with Gasteiger partial charge in [0.15, 0.2) is 0 Å². The van der Waals surface area contributed by atoms with Gasteiger partial charge >= 0.3 is 5.97 Å². The van der Waals surface area contributed by atoms with Crippen LogP contribution in [0.2, 0.25) is 0 Å². The minimum Gasteiger partial charge on any atom is -0.496 e. The molecule has 0 atom stereocenters. The van der Waals surface area contributed by atoms with E-state index in [9.17, 15) is 9.59 Å². The molecule has 0 spiro atoms. The predicted molar refractivity (Wildman–Crippen MR) is 94.1 cm³/mol. The Balaban J connectivity index is 1.89. The number of aromatic carboxylic acids is 1. The average molecular weight is 349 g/mol. The molecule has 25 heavy (non-hydrogen) atoms. The molecule has 138 valence electrons. The number of carbonyl (C=O) groups excluding carboxylic acids is 1. The van der Waals surface area contributed by atoms with Gasteiger partial charge in [0.25, 0.3) is 0 Å². The molecule has 1 fully saturated rings. The Morgan fingerprint density at radius 3 is 2.64 bits per heavy atom. The standard InChI is InChI=1S/C19H27NO5/c1-3-25-12-10-19(8-4-9-19)18(23)20-11-7-14-5-6-15(17(21)22)13-16(14)24-2/h5-6,13H,3-4,7-12H2,1-2H3,(H,20,23)(H,21,22). The Labute approximate surface area is 148 Å². The van der Waals surface area contributed by atoms with E-state index >= 15 is 0 Å². The van der Waals surface area contributed by atoms with Crippen LogP contribution >= 0.6 is 0 Å². The van der Waals surface area contributed by atoms with Crippen LogP contribution in [0.4, 0.5) is 0 Å². The van der Waals surface area contributed by atoms with Crippen LogP contribution in [0.5, 0.6) is 5.75 Å². The maximum Gasteiger partial charge on any atom is 0.335 e. The summed E-state index contributed by atoms with van der Waals surface area (Å²) < 4.78 is 10.7. The second-order valence-electron chi connectivity index (χ2n) is 6.42.